The van der Waals surface area contributed by atoms with Gasteiger partial charge in [0.25, 0.3) is 0 Å². The van der Waals surface area contributed by atoms with Gasteiger partial charge in [0.1, 0.15) is 5.54 Å². The van der Waals surface area contributed by atoms with Gasteiger partial charge in [-0.05, 0) is 37.5 Å². The normalized spacial score (nSPS) is 13.5. The molecule has 0 aliphatic rings. The lowest BCUT2D eigenvalue weighted by Gasteiger charge is -2.25. The van der Waals surface area contributed by atoms with Gasteiger partial charge >= 0.3 is 5.97 Å². The van der Waals surface area contributed by atoms with Gasteiger partial charge in [-0.2, -0.15) is 0 Å². The molecule has 0 bridgehead atoms. The highest BCUT2D eigenvalue weighted by molar-refractivity contribution is 5.86. The Bertz CT molecular complexity index is 471. The minimum Gasteiger partial charge on any atom is -0.480 e. The molecule has 4 N–H and O–H groups in total. The van der Waals surface area contributed by atoms with E-state index in [0.717, 1.165) is 5.56 Å². The Morgan fingerprint density at radius 2 is 1.90 bits per heavy atom. The molecule has 0 radical (unpaired) electrons. The maximum absolute atomic E-state index is 11.9. The van der Waals surface area contributed by atoms with Crippen LogP contribution in [0.3, 0.4) is 0 Å². The van der Waals surface area contributed by atoms with Crippen LogP contribution in [-0.4, -0.2) is 22.5 Å². The number of carboxylic acid groups (broad SMARTS) is 1. The van der Waals surface area contributed by atoms with Crippen molar-refractivity contribution < 1.29 is 14.7 Å². The van der Waals surface area contributed by atoms with Crippen LogP contribution in [0.1, 0.15) is 38.7 Å². The lowest BCUT2D eigenvalue weighted by molar-refractivity contribution is -0.147. The van der Waals surface area contributed by atoms with Gasteiger partial charge in [0.05, 0.1) is 0 Å². The molecule has 1 aromatic carbocycles. The molecule has 1 atom stereocenters. The van der Waals surface area contributed by atoms with E-state index >= 15 is 0 Å². The van der Waals surface area contributed by atoms with E-state index in [1.165, 1.54) is 0 Å². The summed E-state index contributed by atoms with van der Waals surface area (Å²) in [6, 6.07) is 7.30. The number of rotatable bonds is 7. The molecule has 0 spiro atoms. The minimum absolute atomic E-state index is 0.250. The fraction of sp³-hybridized carbons (Fsp3) is 0.467. The van der Waals surface area contributed by atoms with E-state index in [2.05, 4.69) is 5.32 Å². The molecule has 1 unspecified atom stereocenters. The number of nitrogens with one attached hydrogen (secondary N) is 1. The van der Waals surface area contributed by atoms with E-state index in [9.17, 15) is 14.7 Å². The quantitative estimate of drug-likeness (QED) is 0.665. The first-order chi connectivity index (χ1) is 9.37. The van der Waals surface area contributed by atoms with E-state index in [1.807, 2.05) is 19.1 Å². The third kappa shape index (κ3) is 4.57. The number of amides is 1. The summed E-state index contributed by atoms with van der Waals surface area (Å²) in [6.45, 7) is 3.43. The average molecular weight is 278 g/mol. The first-order valence-electron chi connectivity index (χ1n) is 6.76. The van der Waals surface area contributed by atoms with Crippen LogP contribution in [0.15, 0.2) is 24.3 Å². The highest BCUT2D eigenvalue weighted by atomic mass is 16.4. The van der Waals surface area contributed by atoms with Crippen LogP contribution in [0, 0.1) is 0 Å². The lowest BCUT2D eigenvalue weighted by Crippen LogP contribution is -2.52. The summed E-state index contributed by atoms with van der Waals surface area (Å²) in [5.41, 5.74) is 6.08. The Hall–Kier alpha value is -2.04. The number of benzene rings is 1. The van der Waals surface area contributed by atoms with Gasteiger partial charge < -0.3 is 16.2 Å². The van der Waals surface area contributed by atoms with E-state index in [4.69, 9.17) is 5.73 Å². The molecule has 20 heavy (non-hydrogen) atoms. The molecular weight excluding hydrogens is 256 g/mol. The Labute approximate surface area is 119 Å². The maximum atomic E-state index is 11.9. The Morgan fingerprint density at radius 1 is 1.30 bits per heavy atom. The number of carbonyl (C=O) groups excluding carboxylic acids is 1. The fourth-order valence-electron chi connectivity index (χ4n) is 2.04. The van der Waals surface area contributed by atoms with Crippen LogP contribution in [0.2, 0.25) is 0 Å². The smallest absolute Gasteiger partial charge is 0.329 e. The summed E-state index contributed by atoms with van der Waals surface area (Å²) in [5, 5.41) is 11.8. The standard InChI is InChI=1S/C15H22N2O3/c1-3-10-15(2,14(19)20)17-13(18)9-6-11-4-7-12(16)8-5-11/h4-5,7-8H,3,6,9-10,16H2,1-2H3,(H,17,18)(H,19,20). The molecule has 1 amide bonds. The van der Waals surface area contributed by atoms with Crippen molar-refractivity contribution >= 4 is 17.6 Å². The number of hydrogen-bond acceptors (Lipinski definition) is 3. The number of nitrogen functional groups attached to an aromatic ring is 1. The second-order valence-corrected chi connectivity index (χ2v) is 5.18. The van der Waals surface area contributed by atoms with Crippen LogP contribution in [0.4, 0.5) is 5.69 Å². The fourth-order valence-corrected chi connectivity index (χ4v) is 2.04. The van der Waals surface area contributed by atoms with Crippen molar-refractivity contribution in [1.82, 2.24) is 5.32 Å². The predicted molar refractivity (Wildman–Crippen MR) is 78.3 cm³/mol. The van der Waals surface area contributed by atoms with Crippen molar-refractivity contribution in [3.63, 3.8) is 0 Å². The van der Waals surface area contributed by atoms with Gasteiger partial charge in [-0.15, -0.1) is 0 Å². The van der Waals surface area contributed by atoms with Gasteiger partial charge in [0.2, 0.25) is 5.91 Å². The lowest BCUT2D eigenvalue weighted by atomic mass is 9.96. The van der Waals surface area contributed by atoms with Gasteiger partial charge in [0, 0.05) is 12.1 Å². The van der Waals surface area contributed by atoms with Crippen molar-refractivity contribution in [1.29, 1.82) is 0 Å². The Morgan fingerprint density at radius 3 is 2.40 bits per heavy atom. The SMILES string of the molecule is CCCC(C)(NC(=O)CCc1ccc(N)cc1)C(=O)O. The molecule has 0 saturated heterocycles. The molecule has 0 fully saturated rings. The molecular formula is C15H22N2O3. The third-order valence-corrected chi connectivity index (χ3v) is 3.26. The molecule has 0 aromatic heterocycles. The summed E-state index contributed by atoms with van der Waals surface area (Å²) < 4.78 is 0. The van der Waals surface area contributed by atoms with Gasteiger partial charge in [-0.25, -0.2) is 4.79 Å². The van der Waals surface area contributed by atoms with Crippen molar-refractivity contribution in [2.75, 3.05) is 5.73 Å². The highest BCUT2D eigenvalue weighted by Crippen LogP contribution is 2.14. The zero-order chi connectivity index (χ0) is 15.2. The summed E-state index contributed by atoms with van der Waals surface area (Å²) in [6.07, 6.45) is 1.93. The number of nitrogens with two attached hydrogens (primary N) is 1. The number of carbonyl (C=O) groups is 2. The Kier molecular flexibility index (Phi) is 5.55. The van der Waals surface area contributed by atoms with E-state index in [0.29, 0.717) is 24.9 Å². The predicted octanol–water partition coefficient (Wildman–Crippen LogP) is 1.96. The number of carboxylic acids is 1. The summed E-state index contributed by atoms with van der Waals surface area (Å²) in [5.74, 6) is -1.25. The minimum atomic E-state index is -1.19. The molecule has 0 aliphatic heterocycles. The second kappa shape index (κ2) is 6.93. The Balaban J connectivity index is 2.54. The van der Waals surface area contributed by atoms with Crippen LogP contribution in [0.5, 0.6) is 0 Å². The van der Waals surface area contributed by atoms with E-state index < -0.39 is 11.5 Å². The first-order valence-corrected chi connectivity index (χ1v) is 6.76. The summed E-state index contributed by atoms with van der Waals surface area (Å²) in [7, 11) is 0. The number of anilines is 1. The topological polar surface area (TPSA) is 92.4 Å². The maximum Gasteiger partial charge on any atom is 0.329 e. The summed E-state index contributed by atoms with van der Waals surface area (Å²) in [4.78, 5) is 23.1. The zero-order valence-corrected chi connectivity index (χ0v) is 12.0. The largest absolute Gasteiger partial charge is 0.480 e. The highest BCUT2D eigenvalue weighted by Gasteiger charge is 2.33. The van der Waals surface area contributed by atoms with E-state index in [1.54, 1.807) is 19.1 Å². The van der Waals surface area contributed by atoms with Gasteiger partial charge in [0.15, 0.2) is 0 Å². The number of aryl methyl sites for hydroxylation is 1. The molecule has 5 nitrogen and oxygen atoms in total. The van der Waals surface area contributed by atoms with Gasteiger partial charge in [-0.1, -0.05) is 25.5 Å². The molecule has 110 valence electrons. The average Bonchev–Trinajstić information content (AvgIpc) is 2.38. The molecule has 0 saturated carbocycles. The van der Waals surface area contributed by atoms with Crippen LogP contribution in [-0.2, 0) is 16.0 Å². The first kappa shape index (κ1) is 16.0. The second-order valence-electron chi connectivity index (χ2n) is 5.18. The monoisotopic (exact) mass is 278 g/mol. The summed E-state index contributed by atoms with van der Waals surface area (Å²) >= 11 is 0. The number of hydrogen-bond donors (Lipinski definition) is 3. The van der Waals surface area contributed by atoms with Crippen molar-refractivity contribution in [2.24, 2.45) is 0 Å². The molecule has 1 aromatic rings. The molecule has 0 aliphatic carbocycles. The molecule has 1 rings (SSSR count). The van der Waals surface area contributed by atoms with Crippen molar-refractivity contribution in [3.05, 3.63) is 29.8 Å². The molecule has 5 heteroatoms. The van der Waals surface area contributed by atoms with Gasteiger partial charge in [-0.3, -0.25) is 4.79 Å². The number of aliphatic carboxylic acids is 1. The van der Waals surface area contributed by atoms with Crippen LogP contribution < -0.4 is 11.1 Å². The molecule has 0 heterocycles. The van der Waals surface area contributed by atoms with Crippen molar-refractivity contribution in [3.8, 4) is 0 Å². The van der Waals surface area contributed by atoms with Crippen molar-refractivity contribution in [2.45, 2.75) is 45.1 Å². The zero-order valence-electron chi connectivity index (χ0n) is 12.0. The van der Waals surface area contributed by atoms with E-state index in [-0.39, 0.29) is 12.3 Å². The van der Waals surface area contributed by atoms with Crippen LogP contribution in [0.25, 0.3) is 0 Å². The third-order valence-electron chi connectivity index (χ3n) is 3.26. The van der Waals surface area contributed by atoms with Crippen LogP contribution >= 0.6 is 0 Å².